The molecular formula is C4H12BrInO4. The molecule has 0 rings (SSSR count). The van der Waals surface area contributed by atoms with Crippen LogP contribution in [0.25, 0.3) is 0 Å². The minimum atomic E-state index is -0.833. The molecule has 0 heterocycles. The van der Waals surface area contributed by atoms with Crippen LogP contribution < -0.4 is 0 Å². The second kappa shape index (κ2) is 16.1. The van der Waals surface area contributed by atoms with Crippen LogP contribution in [0.3, 0.4) is 0 Å². The summed E-state index contributed by atoms with van der Waals surface area (Å²) in [5.41, 5.74) is 0. The summed E-state index contributed by atoms with van der Waals surface area (Å²) < 4.78 is 0. The van der Waals surface area contributed by atoms with Gasteiger partial charge in [-0.2, -0.15) is 0 Å². The van der Waals surface area contributed by atoms with Gasteiger partial charge in [-0.1, -0.05) is 0 Å². The Morgan fingerprint density at radius 1 is 1.00 bits per heavy atom. The van der Waals surface area contributed by atoms with Crippen molar-refractivity contribution in [2.24, 2.45) is 0 Å². The van der Waals surface area contributed by atoms with E-state index in [1.165, 1.54) is 0 Å². The van der Waals surface area contributed by atoms with Gasteiger partial charge in [0.1, 0.15) is 0 Å². The van der Waals surface area contributed by atoms with Gasteiger partial charge in [0.25, 0.3) is 11.9 Å². The van der Waals surface area contributed by atoms with Gasteiger partial charge in [-0.15, -0.1) is 17.0 Å². The third-order valence-corrected chi connectivity index (χ3v) is 0. The maximum atomic E-state index is 9.00. The molecule has 0 unspecified atom stereocenters. The molecule has 0 saturated heterocycles. The molecule has 0 saturated carbocycles. The van der Waals surface area contributed by atoms with Gasteiger partial charge in [-0.05, 0) is 0 Å². The van der Waals surface area contributed by atoms with Gasteiger partial charge in [0.15, 0.2) is 0 Å². The van der Waals surface area contributed by atoms with Gasteiger partial charge < -0.3 is 10.2 Å². The van der Waals surface area contributed by atoms with Crippen molar-refractivity contribution in [3.8, 4) is 0 Å². The maximum absolute atomic E-state index is 9.00. The summed E-state index contributed by atoms with van der Waals surface area (Å²) in [5.74, 6) is -1.67. The predicted octanol–water partition coefficient (Wildman–Crippen LogP) is -0.424. The van der Waals surface area contributed by atoms with Crippen LogP contribution in [0.15, 0.2) is 0 Å². The Bertz CT molecular complexity index is 75.3. The second-order valence-electron chi connectivity index (χ2n) is 1.04. The molecule has 0 atom stereocenters. The van der Waals surface area contributed by atoms with E-state index in [0.29, 0.717) is 0 Å². The predicted molar refractivity (Wildman–Crippen MR) is 46.9 cm³/mol. The van der Waals surface area contributed by atoms with Gasteiger partial charge in [0, 0.05) is 13.8 Å². The van der Waals surface area contributed by atoms with Crippen molar-refractivity contribution in [3.63, 3.8) is 0 Å². The van der Waals surface area contributed by atoms with Crippen molar-refractivity contribution in [1.29, 1.82) is 0 Å². The SMILES string of the molecule is Br.CC(=O)O.CC(=O)O.[InH3]. The number of rotatable bonds is 0. The molecule has 6 heteroatoms. The Morgan fingerprint density at radius 2 is 1.00 bits per heavy atom. The van der Waals surface area contributed by atoms with E-state index in [9.17, 15) is 0 Å². The van der Waals surface area contributed by atoms with E-state index >= 15 is 0 Å². The third-order valence-electron chi connectivity index (χ3n) is 0. The average Bonchev–Trinajstić information content (AvgIpc) is 1.25. The van der Waals surface area contributed by atoms with Gasteiger partial charge in [-0.25, -0.2) is 0 Å². The van der Waals surface area contributed by atoms with E-state index in [1.54, 1.807) is 0 Å². The fourth-order valence-electron chi connectivity index (χ4n) is 0. The summed E-state index contributed by atoms with van der Waals surface area (Å²) in [4.78, 5) is 18.0. The third kappa shape index (κ3) is 5230. The molecule has 0 aromatic heterocycles. The number of hydrogen-bond donors (Lipinski definition) is 2. The Labute approximate surface area is 88.2 Å². The molecule has 2 N–H and O–H groups in total. The quantitative estimate of drug-likeness (QED) is 0.636. The van der Waals surface area contributed by atoms with E-state index in [1.807, 2.05) is 0 Å². The number of carboxylic acid groups (broad SMARTS) is 2. The van der Waals surface area contributed by atoms with Crippen molar-refractivity contribution in [1.82, 2.24) is 0 Å². The molecule has 10 heavy (non-hydrogen) atoms. The van der Waals surface area contributed by atoms with Crippen molar-refractivity contribution >= 4 is 54.8 Å². The van der Waals surface area contributed by atoms with E-state index in [0.717, 1.165) is 13.8 Å². The Morgan fingerprint density at radius 3 is 1.00 bits per heavy atom. The topological polar surface area (TPSA) is 74.6 Å². The van der Waals surface area contributed by atoms with Gasteiger partial charge in [0.05, 0.1) is 0 Å². The standard InChI is InChI=1S/2C2H4O2.BrH.In.3H/c2*1-2(3)4;;;;;/h2*1H3,(H,3,4);1H;;;;. The first kappa shape index (κ1) is 22.4. The van der Waals surface area contributed by atoms with Crippen molar-refractivity contribution in [2.45, 2.75) is 13.8 Å². The summed E-state index contributed by atoms with van der Waals surface area (Å²) >= 11 is 0. The number of carbonyl (C=O) groups is 2. The Hall–Kier alpha value is 0.290. The molecule has 0 spiro atoms. The van der Waals surface area contributed by atoms with Gasteiger partial charge in [-0.3, -0.25) is 9.59 Å². The summed E-state index contributed by atoms with van der Waals surface area (Å²) in [6.07, 6.45) is 0. The molecule has 62 valence electrons. The molecule has 0 amide bonds. The van der Waals surface area contributed by atoms with E-state index in [-0.39, 0.29) is 42.8 Å². The van der Waals surface area contributed by atoms with Crippen molar-refractivity contribution < 1.29 is 19.8 Å². The number of halogens is 1. The first-order chi connectivity index (χ1) is 3.46. The van der Waals surface area contributed by atoms with Gasteiger partial charge in [0.2, 0.25) is 0 Å². The normalized spacial score (nSPS) is 5.00. The molecule has 0 fully saturated rings. The Kier molecular flexibility index (Phi) is 36.2. The first-order valence-corrected chi connectivity index (χ1v) is 1.86. The minimum absolute atomic E-state index is 0. The molecule has 0 aliphatic carbocycles. The summed E-state index contributed by atoms with van der Waals surface area (Å²) in [6, 6.07) is 0. The van der Waals surface area contributed by atoms with E-state index in [2.05, 4.69) is 0 Å². The van der Waals surface area contributed by atoms with Gasteiger partial charge >= 0.3 is 25.8 Å². The van der Waals surface area contributed by atoms with E-state index in [4.69, 9.17) is 19.8 Å². The Balaban J connectivity index is -0.0000000300. The van der Waals surface area contributed by atoms with Crippen LogP contribution in [0.1, 0.15) is 13.8 Å². The fourth-order valence-corrected chi connectivity index (χ4v) is 0. The van der Waals surface area contributed by atoms with Crippen molar-refractivity contribution in [3.05, 3.63) is 0 Å². The zero-order valence-corrected chi connectivity index (χ0v) is 6.83. The average molecular weight is 319 g/mol. The summed E-state index contributed by atoms with van der Waals surface area (Å²) in [6.45, 7) is 2.17. The monoisotopic (exact) mass is 318 g/mol. The van der Waals surface area contributed by atoms with Crippen LogP contribution in [-0.4, -0.2) is 48.0 Å². The summed E-state index contributed by atoms with van der Waals surface area (Å²) in [5, 5.41) is 14.8. The molecule has 0 aromatic rings. The fraction of sp³-hybridized carbons (Fsp3) is 0.500. The van der Waals surface area contributed by atoms with Crippen LogP contribution in [0.4, 0.5) is 0 Å². The van der Waals surface area contributed by atoms with Crippen molar-refractivity contribution in [2.75, 3.05) is 0 Å². The molecule has 0 radical (unpaired) electrons. The zero-order valence-electron chi connectivity index (χ0n) is 5.12. The van der Waals surface area contributed by atoms with E-state index < -0.39 is 11.9 Å². The summed E-state index contributed by atoms with van der Waals surface area (Å²) in [7, 11) is 0. The molecule has 4 nitrogen and oxygen atoms in total. The second-order valence-corrected chi connectivity index (χ2v) is 1.04. The zero-order chi connectivity index (χ0) is 7.15. The number of hydrogen-bond acceptors (Lipinski definition) is 2. The molecule has 0 aromatic carbocycles. The first-order valence-electron chi connectivity index (χ1n) is 1.86. The molecule has 0 aliphatic heterocycles. The van der Waals surface area contributed by atoms with Crippen LogP contribution in [0.5, 0.6) is 0 Å². The molecule has 0 aliphatic rings. The molecular weight excluding hydrogens is 307 g/mol. The molecule has 0 bridgehead atoms. The van der Waals surface area contributed by atoms with Crippen LogP contribution in [0, 0.1) is 0 Å². The number of aliphatic carboxylic acids is 2. The van der Waals surface area contributed by atoms with Crippen LogP contribution >= 0.6 is 17.0 Å². The van der Waals surface area contributed by atoms with Crippen LogP contribution in [-0.2, 0) is 9.59 Å². The van der Waals surface area contributed by atoms with Crippen LogP contribution in [0.2, 0.25) is 0 Å². The number of carboxylic acids is 2.